The molecule has 2 rings (SSSR count). The minimum absolute atomic E-state index is 0.123. The van der Waals surface area contributed by atoms with Gasteiger partial charge in [0.15, 0.2) is 0 Å². The summed E-state index contributed by atoms with van der Waals surface area (Å²) in [7, 11) is -4.13. The summed E-state index contributed by atoms with van der Waals surface area (Å²) in [5, 5.41) is 5.93. The van der Waals surface area contributed by atoms with Crippen LogP contribution in [-0.4, -0.2) is 13.6 Å². The third kappa shape index (κ3) is 2.40. The van der Waals surface area contributed by atoms with Crippen molar-refractivity contribution in [1.82, 2.24) is 5.16 Å². The zero-order chi connectivity index (χ0) is 14.0. The van der Waals surface area contributed by atoms with Crippen molar-refractivity contribution < 1.29 is 12.9 Å². The molecule has 1 aromatic carbocycles. The van der Waals surface area contributed by atoms with Gasteiger partial charge in [-0.25, -0.2) is 0 Å². The first-order valence-electron chi connectivity index (χ1n) is 5.12. The van der Waals surface area contributed by atoms with Crippen LogP contribution >= 0.6 is 0 Å². The van der Waals surface area contributed by atoms with Crippen molar-refractivity contribution in [2.24, 2.45) is 5.29 Å². The lowest BCUT2D eigenvalue weighted by molar-refractivity contribution is 0.398. The van der Waals surface area contributed by atoms with Crippen molar-refractivity contribution in [3.63, 3.8) is 0 Å². The van der Waals surface area contributed by atoms with Crippen molar-refractivity contribution in [2.75, 3.05) is 10.1 Å². The van der Waals surface area contributed by atoms with Crippen LogP contribution in [0.25, 0.3) is 0 Å². The molecule has 0 aliphatic carbocycles. The predicted molar refractivity (Wildman–Crippen MR) is 67.6 cm³/mol. The molecule has 0 radical (unpaired) electrons. The molecule has 0 aliphatic heterocycles. The van der Waals surface area contributed by atoms with E-state index in [2.05, 4.69) is 10.4 Å². The van der Waals surface area contributed by atoms with Crippen LogP contribution in [0.1, 0.15) is 5.76 Å². The molecule has 0 bridgehead atoms. The second kappa shape index (κ2) is 4.69. The maximum Gasteiger partial charge on any atom is 0.287 e. The van der Waals surface area contributed by atoms with Crippen LogP contribution in [0.5, 0.6) is 0 Å². The summed E-state index contributed by atoms with van der Waals surface area (Å²) in [5.74, 6) is 0.153. The molecule has 2 N–H and O–H groups in total. The van der Waals surface area contributed by atoms with E-state index < -0.39 is 10.0 Å². The third-order valence-corrected chi connectivity index (χ3v) is 3.87. The monoisotopic (exact) mass is 282 g/mol. The number of nitrogens with two attached hydrogens (primary N) is 1. The van der Waals surface area contributed by atoms with Gasteiger partial charge in [0.1, 0.15) is 5.76 Å². The number of sulfonamides is 1. The average Bonchev–Trinajstić information content (AvgIpc) is 2.77. The summed E-state index contributed by atoms with van der Waals surface area (Å²) in [6.07, 6.45) is 0. The summed E-state index contributed by atoms with van der Waals surface area (Å²) >= 11 is 0. The fourth-order valence-electron chi connectivity index (χ4n) is 1.39. The van der Waals surface area contributed by atoms with Crippen LogP contribution in [0, 0.1) is 11.8 Å². The molecule has 100 valence electrons. The number of nitroso groups, excluding NO2 is 1. The smallest absolute Gasteiger partial charge is 0.287 e. The first-order valence-corrected chi connectivity index (χ1v) is 6.56. The fraction of sp³-hybridized carbons (Fsp3) is 0.100. The molecule has 0 saturated heterocycles. The molecule has 0 fully saturated rings. The molecule has 0 amide bonds. The Hall–Kier alpha value is -2.42. The summed E-state index contributed by atoms with van der Waals surface area (Å²) in [4.78, 5) is 10.7. The molecule has 2 aromatic rings. The van der Waals surface area contributed by atoms with E-state index in [1.807, 2.05) is 0 Å². The van der Waals surface area contributed by atoms with Gasteiger partial charge in [-0.15, -0.1) is 4.91 Å². The van der Waals surface area contributed by atoms with Gasteiger partial charge in [-0.3, -0.25) is 0 Å². The predicted octanol–water partition coefficient (Wildman–Crippen LogP) is 1.44. The minimum atomic E-state index is -4.13. The normalized spacial score (nSPS) is 11.2. The number of aromatic nitrogens is 1. The van der Waals surface area contributed by atoms with E-state index in [-0.39, 0.29) is 15.1 Å². The molecule has 1 aromatic heterocycles. The number of hydrogen-bond donors (Lipinski definition) is 1. The van der Waals surface area contributed by atoms with E-state index in [9.17, 15) is 13.3 Å². The van der Waals surface area contributed by atoms with Gasteiger partial charge in [0, 0.05) is 11.8 Å². The van der Waals surface area contributed by atoms with Gasteiger partial charge >= 0.3 is 0 Å². The van der Waals surface area contributed by atoms with Crippen LogP contribution in [-0.2, 0) is 10.0 Å². The molecule has 19 heavy (non-hydrogen) atoms. The summed E-state index contributed by atoms with van der Waals surface area (Å²) < 4.78 is 29.4. The van der Waals surface area contributed by atoms with E-state index in [0.717, 1.165) is 0 Å². The maximum atomic E-state index is 12.2. The van der Waals surface area contributed by atoms with Crippen molar-refractivity contribution in [3.8, 4) is 0 Å². The molecule has 0 aliphatic rings. The lowest BCUT2D eigenvalue weighted by atomic mass is 10.3. The van der Waals surface area contributed by atoms with Crippen molar-refractivity contribution >= 4 is 21.5 Å². The highest BCUT2D eigenvalue weighted by atomic mass is 32.2. The molecular formula is C10H10N4O4S. The number of hydrogen-bond acceptors (Lipinski definition) is 7. The van der Waals surface area contributed by atoms with Crippen LogP contribution in [0.3, 0.4) is 0 Å². The van der Waals surface area contributed by atoms with Gasteiger partial charge in [-0.05, 0) is 31.2 Å². The Morgan fingerprint density at radius 1 is 1.32 bits per heavy atom. The Morgan fingerprint density at radius 2 is 1.95 bits per heavy atom. The topological polar surface area (TPSA) is 119 Å². The molecular weight excluding hydrogens is 272 g/mol. The Bertz CT molecular complexity index is 693. The van der Waals surface area contributed by atoms with Crippen LogP contribution in [0.4, 0.5) is 11.5 Å². The second-order valence-electron chi connectivity index (χ2n) is 3.69. The first-order chi connectivity index (χ1) is 8.95. The van der Waals surface area contributed by atoms with Gasteiger partial charge in [0.2, 0.25) is 5.82 Å². The highest BCUT2D eigenvalue weighted by molar-refractivity contribution is 7.92. The standard InChI is InChI=1S/C10H10N4O4S/c1-7-6-10(12-18-7)14(13-15)19(16,17)9-4-2-8(11)3-5-9/h2-6H,11H2,1H3. The third-order valence-electron chi connectivity index (χ3n) is 2.29. The van der Waals surface area contributed by atoms with E-state index in [4.69, 9.17) is 10.3 Å². The van der Waals surface area contributed by atoms with Crippen molar-refractivity contribution in [3.05, 3.63) is 41.0 Å². The Kier molecular flexibility index (Phi) is 3.21. The maximum absolute atomic E-state index is 12.2. The summed E-state index contributed by atoms with van der Waals surface area (Å²) in [6, 6.07) is 6.65. The summed E-state index contributed by atoms with van der Waals surface area (Å²) in [6.45, 7) is 1.56. The lowest BCUT2D eigenvalue weighted by Crippen LogP contribution is -2.25. The molecule has 9 heteroatoms. The largest absolute Gasteiger partial charge is 0.399 e. The number of rotatable bonds is 4. The van der Waals surface area contributed by atoms with Gasteiger partial charge in [0.05, 0.1) is 10.2 Å². The quantitative estimate of drug-likeness (QED) is 0.515. The second-order valence-corrected chi connectivity index (χ2v) is 5.46. The summed E-state index contributed by atoms with van der Waals surface area (Å²) in [5.41, 5.74) is 5.88. The van der Waals surface area contributed by atoms with E-state index in [1.54, 1.807) is 6.92 Å². The Morgan fingerprint density at radius 3 is 2.42 bits per heavy atom. The fourth-order valence-corrected chi connectivity index (χ4v) is 2.49. The van der Waals surface area contributed by atoms with E-state index >= 15 is 0 Å². The van der Waals surface area contributed by atoms with Crippen molar-refractivity contribution in [2.45, 2.75) is 11.8 Å². The number of benzene rings is 1. The zero-order valence-electron chi connectivity index (χ0n) is 9.85. The number of nitrogens with zero attached hydrogens (tertiary/aromatic N) is 3. The zero-order valence-corrected chi connectivity index (χ0v) is 10.7. The lowest BCUT2D eigenvalue weighted by Gasteiger charge is -2.11. The first kappa shape index (κ1) is 13.0. The van der Waals surface area contributed by atoms with Gasteiger partial charge in [-0.2, -0.15) is 8.42 Å². The molecule has 1 heterocycles. The molecule has 0 unspecified atom stereocenters. The average molecular weight is 282 g/mol. The molecule has 0 atom stereocenters. The number of aryl methyl sites for hydroxylation is 1. The number of nitrogen functional groups attached to an aromatic ring is 1. The van der Waals surface area contributed by atoms with Crippen LogP contribution in [0.15, 0.2) is 45.0 Å². The van der Waals surface area contributed by atoms with Crippen molar-refractivity contribution in [1.29, 1.82) is 0 Å². The number of anilines is 2. The van der Waals surface area contributed by atoms with Gasteiger partial charge < -0.3 is 10.3 Å². The highest BCUT2D eigenvalue weighted by Gasteiger charge is 2.28. The molecule has 0 saturated carbocycles. The van der Waals surface area contributed by atoms with Gasteiger partial charge in [-0.1, -0.05) is 9.57 Å². The highest BCUT2D eigenvalue weighted by Crippen LogP contribution is 2.24. The minimum Gasteiger partial charge on any atom is -0.399 e. The molecule has 8 nitrogen and oxygen atoms in total. The van der Waals surface area contributed by atoms with Gasteiger partial charge in [0.25, 0.3) is 10.0 Å². The van der Waals surface area contributed by atoms with Crippen LogP contribution in [0.2, 0.25) is 0 Å². The van der Waals surface area contributed by atoms with E-state index in [0.29, 0.717) is 11.4 Å². The molecule has 0 spiro atoms. The Balaban J connectivity index is 2.47. The van der Waals surface area contributed by atoms with Crippen LogP contribution < -0.4 is 10.1 Å². The SMILES string of the molecule is Cc1cc(N(N=O)S(=O)(=O)c2ccc(N)cc2)no1. The van der Waals surface area contributed by atoms with E-state index in [1.165, 1.54) is 30.3 Å². The Labute approximate surface area is 108 Å².